The molecule has 0 radical (unpaired) electrons. The van der Waals surface area contributed by atoms with Crippen molar-refractivity contribution in [1.29, 1.82) is 0 Å². The summed E-state index contributed by atoms with van der Waals surface area (Å²) >= 11 is 1.33. The molecule has 0 atom stereocenters. The molecule has 1 saturated heterocycles. The third-order valence-corrected chi connectivity index (χ3v) is 5.84. The fourth-order valence-electron chi connectivity index (χ4n) is 3.38. The van der Waals surface area contributed by atoms with Gasteiger partial charge in [-0.3, -0.25) is 10.1 Å². The summed E-state index contributed by atoms with van der Waals surface area (Å²) in [5, 5.41) is 14.8. The number of hydrogen-bond donors (Lipinski definition) is 2. The number of para-hydroxylation sites is 1. The first-order valence-electron chi connectivity index (χ1n) is 10.2. The van der Waals surface area contributed by atoms with Crippen LogP contribution in [0.1, 0.15) is 10.6 Å². The van der Waals surface area contributed by atoms with E-state index in [-0.39, 0.29) is 18.5 Å². The highest BCUT2D eigenvalue weighted by molar-refractivity contribution is 7.15. The monoisotopic (exact) mass is 436 g/mol. The Morgan fingerprint density at radius 2 is 1.58 bits per heavy atom. The molecule has 0 unspecified atom stereocenters. The van der Waals surface area contributed by atoms with Crippen LogP contribution in [-0.4, -0.2) is 59.8 Å². The number of amides is 3. The summed E-state index contributed by atoms with van der Waals surface area (Å²) in [5.41, 5.74) is 2.29. The number of urea groups is 1. The lowest BCUT2D eigenvalue weighted by atomic mass is 10.2. The number of carbonyl (C=O) groups excluding carboxylic acids is 2. The van der Waals surface area contributed by atoms with Gasteiger partial charge in [-0.25, -0.2) is 4.79 Å². The van der Waals surface area contributed by atoms with Gasteiger partial charge in [0.15, 0.2) is 0 Å². The summed E-state index contributed by atoms with van der Waals surface area (Å²) in [7, 11) is 0. The predicted molar refractivity (Wildman–Crippen MR) is 121 cm³/mol. The molecule has 0 spiro atoms. The molecule has 9 heteroatoms. The molecule has 4 rings (SSSR count). The molecule has 1 fully saturated rings. The zero-order valence-electron chi connectivity index (χ0n) is 17.0. The van der Waals surface area contributed by atoms with Crippen molar-refractivity contribution < 1.29 is 9.59 Å². The average Bonchev–Trinajstić information content (AvgIpc) is 3.25. The number of nitrogens with zero attached hydrogens (tertiary/aromatic N) is 4. The number of nitrogens with one attached hydrogen (secondary N) is 2. The van der Waals surface area contributed by atoms with Crippen molar-refractivity contribution >= 4 is 34.1 Å². The van der Waals surface area contributed by atoms with Crippen molar-refractivity contribution in [1.82, 2.24) is 20.4 Å². The minimum Gasteiger partial charge on any atom is -0.368 e. The maximum atomic E-state index is 12.4. The predicted octanol–water partition coefficient (Wildman–Crippen LogP) is 2.60. The van der Waals surface area contributed by atoms with Crippen LogP contribution in [0.15, 0.2) is 60.7 Å². The smallest absolute Gasteiger partial charge is 0.317 e. The van der Waals surface area contributed by atoms with Crippen LogP contribution in [0, 0.1) is 0 Å². The van der Waals surface area contributed by atoms with Gasteiger partial charge in [-0.1, -0.05) is 59.9 Å². The molecule has 3 aromatic rings. The zero-order valence-corrected chi connectivity index (χ0v) is 17.8. The van der Waals surface area contributed by atoms with E-state index in [1.54, 1.807) is 4.90 Å². The Morgan fingerprint density at radius 3 is 2.29 bits per heavy atom. The Hall–Kier alpha value is -3.46. The van der Waals surface area contributed by atoms with E-state index in [0.717, 1.165) is 29.3 Å². The van der Waals surface area contributed by atoms with Crippen molar-refractivity contribution in [3.63, 3.8) is 0 Å². The van der Waals surface area contributed by atoms with E-state index in [1.807, 2.05) is 48.5 Å². The maximum Gasteiger partial charge on any atom is 0.317 e. The van der Waals surface area contributed by atoms with Gasteiger partial charge < -0.3 is 15.1 Å². The number of anilines is 2. The highest BCUT2D eigenvalue weighted by Crippen LogP contribution is 2.18. The third-order valence-electron chi connectivity index (χ3n) is 5.00. The first-order chi connectivity index (χ1) is 15.2. The minimum atomic E-state index is -0.321. The molecular formula is C22H24N6O2S. The van der Waals surface area contributed by atoms with Crippen LogP contribution in [0.4, 0.5) is 15.6 Å². The normalized spacial score (nSPS) is 13.7. The van der Waals surface area contributed by atoms with Gasteiger partial charge in [-0.2, -0.15) is 0 Å². The Balaban J connectivity index is 1.19. The topological polar surface area (TPSA) is 90.5 Å². The van der Waals surface area contributed by atoms with Gasteiger partial charge in [0.2, 0.25) is 11.0 Å². The Labute approximate surface area is 184 Å². The second-order valence-corrected chi connectivity index (χ2v) is 8.24. The lowest BCUT2D eigenvalue weighted by Gasteiger charge is -2.36. The van der Waals surface area contributed by atoms with E-state index in [0.29, 0.717) is 24.6 Å². The van der Waals surface area contributed by atoms with Crippen LogP contribution in [0.5, 0.6) is 0 Å². The number of rotatable bonds is 6. The van der Waals surface area contributed by atoms with Gasteiger partial charge in [0.1, 0.15) is 5.01 Å². The summed E-state index contributed by atoms with van der Waals surface area (Å²) in [4.78, 5) is 28.6. The number of aromatic nitrogens is 2. The molecule has 160 valence electrons. The van der Waals surface area contributed by atoms with Gasteiger partial charge in [0.25, 0.3) is 0 Å². The van der Waals surface area contributed by atoms with E-state index in [4.69, 9.17) is 0 Å². The lowest BCUT2D eigenvalue weighted by molar-refractivity contribution is -0.115. The Morgan fingerprint density at radius 1 is 0.903 bits per heavy atom. The largest absolute Gasteiger partial charge is 0.368 e. The average molecular weight is 437 g/mol. The first kappa shape index (κ1) is 20.8. The highest BCUT2D eigenvalue weighted by Gasteiger charge is 2.21. The summed E-state index contributed by atoms with van der Waals surface area (Å²) in [6.07, 6.45) is 0.667. The summed E-state index contributed by atoms with van der Waals surface area (Å²) in [6.45, 7) is 2.64. The van der Waals surface area contributed by atoms with E-state index in [1.165, 1.54) is 11.3 Å². The van der Waals surface area contributed by atoms with E-state index < -0.39 is 0 Å². The van der Waals surface area contributed by atoms with E-state index >= 15 is 0 Å². The molecule has 31 heavy (non-hydrogen) atoms. The van der Waals surface area contributed by atoms with E-state index in [2.05, 4.69) is 37.9 Å². The van der Waals surface area contributed by atoms with Crippen LogP contribution in [0.25, 0.3) is 0 Å². The van der Waals surface area contributed by atoms with Crippen LogP contribution in [-0.2, 0) is 11.2 Å². The van der Waals surface area contributed by atoms with Crippen LogP contribution < -0.4 is 15.5 Å². The summed E-state index contributed by atoms with van der Waals surface area (Å²) in [6, 6.07) is 19.9. The SMILES string of the molecule is O=C(CNC(=O)N1CCN(c2ccccc2)CC1)Nc1nnc(Cc2ccccc2)s1. The quantitative estimate of drug-likeness (QED) is 0.620. The molecule has 8 nitrogen and oxygen atoms in total. The first-order valence-corrected chi connectivity index (χ1v) is 11.0. The number of carbonyl (C=O) groups is 2. The molecular weight excluding hydrogens is 412 g/mol. The Bertz CT molecular complexity index is 1000. The molecule has 1 aliphatic rings. The number of benzene rings is 2. The van der Waals surface area contributed by atoms with Gasteiger partial charge >= 0.3 is 6.03 Å². The van der Waals surface area contributed by atoms with Crippen molar-refractivity contribution in [2.24, 2.45) is 0 Å². The molecule has 1 aromatic heterocycles. The van der Waals surface area contributed by atoms with Gasteiger partial charge in [-0.05, 0) is 17.7 Å². The molecule has 3 amide bonds. The molecule has 0 saturated carbocycles. The second-order valence-electron chi connectivity index (χ2n) is 7.18. The Kier molecular flexibility index (Phi) is 6.73. The molecule has 0 aliphatic carbocycles. The van der Waals surface area contributed by atoms with Crippen molar-refractivity contribution in [3.05, 3.63) is 71.2 Å². The van der Waals surface area contributed by atoms with Gasteiger partial charge in [0, 0.05) is 38.3 Å². The fraction of sp³-hybridized carbons (Fsp3) is 0.273. The van der Waals surface area contributed by atoms with Crippen molar-refractivity contribution in [2.75, 3.05) is 42.9 Å². The van der Waals surface area contributed by atoms with Crippen LogP contribution in [0.2, 0.25) is 0 Å². The fourth-order valence-corrected chi connectivity index (χ4v) is 4.17. The molecule has 2 heterocycles. The number of piperazine rings is 1. The molecule has 0 bridgehead atoms. The van der Waals surface area contributed by atoms with Gasteiger partial charge in [0.05, 0.1) is 6.54 Å². The van der Waals surface area contributed by atoms with Crippen molar-refractivity contribution in [2.45, 2.75) is 6.42 Å². The third kappa shape index (κ3) is 5.79. The molecule has 2 N–H and O–H groups in total. The molecule has 2 aromatic carbocycles. The second kappa shape index (κ2) is 10.0. The summed E-state index contributed by atoms with van der Waals surface area (Å²) in [5.74, 6) is -0.321. The van der Waals surface area contributed by atoms with Crippen LogP contribution >= 0.6 is 11.3 Å². The van der Waals surface area contributed by atoms with E-state index in [9.17, 15) is 9.59 Å². The summed E-state index contributed by atoms with van der Waals surface area (Å²) < 4.78 is 0. The minimum absolute atomic E-state index is 0.106. The maximum absolute atomic E-state index is 12.4. The zero-order chi connectivity index (χ0) is 21.5. The van der Waals surface area contributed by atoms with Crippen molar-refractivity contribution in [3.8, 4) is 0 Å². The number of hydrogen-bond acceptors (Lipinski definition) is 6. The highest BCUT2D eigenvalue weighted by atomic mass is 32.1. The standard InChI is InChI=1S/C22H24N6O2S/c29-19(24-21-26-25-20(31-21)15-17-7-3-1-4-8-17)16-23-22(30)28-13-11-27(12-14-28)18-9-5-2-6-10-18/h1-10H,11-16H2,(H,23,30)(H,24,26,29). The lowest BCUT2D eigenvalue weighted by Crippen LogP contribution is -2.52. The molecule has 1 aliphatic heterocycles. The van der Waals surface area contributed by atoms with Crippen LogP contribution in [0.3, 0.4) is 0 Å². The van der Waals surface area contributed by atoms with Gasteiger partial charge in [-0.15, -0.1) is 10.2 Å².